The number of hydrogen-bond donors (Lipinski definition) is 5. The molecule has 5 N–H and O–H groups in total. The molecule has 5 rings (SSSR count). The molecule has 62 heavy (non-hydrogen) atoms. The highest BCUT2D eigenvalue weighted by molar-refractivity contribution is 5.93. The molecule has 0 saturated carbocycles. The van der Waals surface area contributed by atoms with Crippen LogP contribution in [-0.4, -0.2) is 133 Å². The lowest BCUT2D eigenvalue weighted by molar-refractivity contribution is -0.302. The van der Waals surface area contributed by atoms with Gasteiger partial charge in [0, 0.05) is 30.0 Å². The van der Waals surface area contributed by atoms with E-state index in [0.717, 1.165) is 5.57 Å². The van der Waals surface area contributed by atoms with E-state index in [4.69, 9.17) is 38.4 Å². The van der Waals surface area contributed by atoms with Gasteiger partial charge in [-0.05, 0) is 96.3 Å². The van der Waals surface area contributed by atoms with Crippen LogP contribution in [-0.2, 0) is 44.5 Å². The maximum atomic E-state index is 14.3. The molecular weight excluding hydrogens is 805 g/mol. The highest BCUT2D eigenvalue weighted by Gasteiger charge is 2.57. The number of alkyl carbamates (subject to hydrolysis) is 2. The summed E-state index contributed by atoms with van der Waals surface area (Å²) in [6, 6.07) is 5.39. The number of hydrogen-bond acceptors (Lipinski definition) is 14. The molecule has 14 atom stereocenters. The third-order valence-electron chi connectivity index (χ3n) is 13.2. The van der Waals surface area contributed by atoms with Gasteiger partial charge in [-0.25, -0.2) is 15.1 Å². The van der Waals surface area contributed by atoms with Gasteiger partial charge < -0.3 is 53.8 Å². The van der Waals surface area contributed by atoms with Crippen molar-refractivity contribution < 1.29 is 62.6 Å². The van der Waals surface area contributed by atoms with Crippen molar-refractivity contribution in [3.05, 3.63) is 59.2 Å². The summed E-state index contributed by atoms with van der Waals surface area (Å²) in [7, 11) is 3.81. The molecular formula is C45H68N4O13. The maximum Gasteiger partial charge on any atom is 0.408 e. The zero-order chi connectivity index (χ0) is 45.7. The molecule has 346 valence electrons. The number of benzene rings is 1. The number of nitrogens with one attached hydrogen (secondary N) is 3. The molecule has 17 heteroatoms. The van der Waals surface area contributed by atoms with Gasteiger partial charge in [-0.15, -0.1) is 0 Å². The summed E-state index contributed by atoms with van der Waals surface area (Å²) in [6.07, 6.45) is -2.98. The summed E-state index contributed by atoms with van der Waals surface area (Å²) in [5, 5.41) is 26.3. The van der Waals surface area contributed by atoms with Crippen LogP contribution in [0, 0.1) is 23.7 Å². The maximum absolute atomic E-state index is 14.3. The number of carbonyl (C=O) groups is 4. The van der Waals surface area contributed by atoms with E-state index in [-0.39, 0.29) is 50.0 Å². The molecule has 4 aliphatic heterocycles. The molecule has 17 nitrogen and oxygen atoms in total. The molecule has 1 aromatic rings. The number of likely N-dealkylation sites (N-methyl/N-ethyl adjacent to an activating group) is 1. The first-order valence-corrected chi connectivity index (χ1v) is 21.6. The van der Waals surface area contributed by atoms with E-state index in [1.807, 2.05) is 66.6 Å². The van der Waals surface area contributed by atoms with Gasteiger partial charge in [0.25, 0.3) is 5.91 Å². The number of cyclic esters (lactones) is 1. The lowest BCUT2D eigenvalue weighted by Crippen LogP contribution is -2.60. The molecule has 0 aromatic heterocycles. The Kier molecular flexibility index (Phi) is 16.3. The first kappa shape index (κ1) is 48.9. The van der Waals surface area contributed by atoms with Crippen LogP contribution in [0.15, 0.2) is 48.1 Å². The second kappa shape index (κ2) is 20.6. The first-order chi connectivity index (χ1) is 29.2. The first-order valence-electron chi connectivity index (χ1n) is 21.6. The molecule has 4 heterocycles. The number of esters is 1. The minimum Gasteiger partial charge on any atom is -0.458 e. The van der Waals surface area contributed by atoms with Crippen LogP contribution in [0.5, 0.6) is 0 Å². The predicted molar refractivity (Wildman–Crippen MR) is 226 cm³/mol. The van der Waals surface area contributed by atoms with Crippen LogP contribution in [0.3, 0.4) is 0 Å². The fourth-order valence-electron chi connectivity index (χ4n) is 9.80. The Labute approximate surface area is 365 Å². The van der Waals surface area contributed by atoms with Crippen LogP contribution < -0.4 is 16.1 Å². The Morgan fingerprint density at radius 1 is 1.06 bits per heavy atom. The van der Waals surface area contributed by atoms with Crippen molar-refractivity contribution in [1.82, 2.24) is 21.0 Å². The largest absolute Gasteiger partial charge is 0.458 e. The highest BCUT2D eigenvalue weighted by atomic mass is 16.7. The Hall–Kier alpha value is -4.10. The summed E-state index contributed by atoms with van der Waals surface area (Å²) >= 11 is 0. The zero-order valence-corrected chi connectivity index (χ0v) is 37.8. The van der Waals surface area contributed by atoms with E-state index < -0.39 is 89.8 Å². The van der Waals surface area contributed by atoms with E-state index in [9.17, 15) is 24.3 Å². The molecule has 1 aromatic carbocycles. The van der Waals surface area contributed by atoms with Crippen molar-refractivity contribution in [1.29, 1.82) is 0 Å². The number of nitrogens with zero attached hydrogens (tertiary/aromatic N) is 1. The van der Waals surface area contributed by atoms with E-state index >= 15 is 0 Å². The molecule has 3 unspecified atom stereocenters. The average Bonchev–Trinajstić information content (AvgIpc) is 3.56. The third-order valence-corrected chi connectivity index (χ3v) is 13.2. The van der Waals surface area contributed by atoms with E-state index in [0.29, 0.717) is 30.4 Å². The number of carbonyl (C=O) groups excluding carboxylic acids is 4. The lowest BCUT2D eigenvalue weighted by Gasteiger charge is -2.49. The Balaban J connectivity index is 1.54. The lowest BCUT2D eigenvalue weighted by atomic mass is 9.71. The van der Waals surface area contributed by atoms with Crippen molar-refractivity contribution >= 4 is 24.1 Å². The van der Waals surface area contributed by atoms with Crippen LogP contribution in [0.2, 0.25) is 0 Å². The molecule has 0 aliphatic carbocycles. The van der Waals surface area contributed by atoms with Gasteiger partial charge in [-0.1, -0.05) is 52.0 Å². The number of ether oxygens (including phenoxy) is 7. The number of aliphatic hydroxyl groups is 1. The summed E-state index contributed by atoms with van der Waals surface area (Å²) in [5.74, 6) is -3.33. The fourth-order valence-corrected chi connectivity index (χ4v) is 9.80. The summed E-state index contributed by atoms with van der Waals surface area (Å²) in [6.45, 7) is 19.6. The second-order valence-corrected chi connectivity index (χ2v) is 18.1. The molecule has 3 amide bonds. The average molecular weight is 873 g/mol. The van der Waals surface area contributed by atoms with Crippen LogP contribution in [0.1, 0.15) is 90.6 Å². The fraction of sp³-hybridized carbons (Fsp3) is 0.689. The second-order valence-electron chi connectivity index (χ2n) is 18.1. The number of aliphatic hydroxyl groups excluding tert-OH is 1. The normalized spacial score (nSPS) is 37.8. The molecule has 4 fully saturated rings. The number of amides is 3. The third kappa shape index (κ3) is 11.0. The van der Waals surface area contributed by atoms with Gasteiger partial charge in [0.2, 0.25) is 0 Å². The van der Waals surface area contributed by atoms with Crippen LogP contribution in [0.4, 0.5) is 9.59 Å². The summed E-state index contributed by atoms with van der Waals surface area (Å²) < 4.78 is 44.7. The summed E-state index contributed by atoms with van der Waals surface area (Å²) in [4.78, 5) is 54.2. The minimum absolute atomic E-state index is 0.111. The molecule has 0 radical (unpaired) electrons. The van der Waals surface area contributed by atoms with Crippen molar-refractivity contribution in [3.63, 3.8) is 0 Å². The number of fused-ring (bicyclic) bond motifs is 4. The van der Waals surface area contributed by atoms with Gasteiger partial charge in [0.15, 0.2) is 11.9 Å². The van der Waals surface area contributed by atoms with Gasteiger partial charge in [-0.3, -0.25) is 14.8 Å². The van der Waals surface area contributed by atoms with Gasteiger partial charge in [0.05, 0.1) is 49.1 Å². The smallest absolute Gasteiger partial charge is 0.408 e. The number of rotatable bonds is 9. The topological polar surface area (TPSA) is 213 Å². The predicted octanol–water partition coefficient (Wildman–Crippen LogP) is 4.64. The van der Waals surface area contributed by atoms with Crippen molar-refractivity contribution in [2.75, 3.05) is 33.9 Å². The van der Waals surface area contributed by atoms with Gasteiger partial charge >= 0.3 is 18.2 Å². The van der Waals surface area contributed by atoms with Crippen LogP contribution in [0.25, 0.3) is 0 Å². The van der Waals surface area contributed by atoms with Crippen LogP contribution >= 0.6 is 0 Å². The Bertz CT molecular complexity index is 1790. The monoisotopic (exact) mass is 872 g/mol. The van der Waals surface area contributed by atoms with E-state index in [1.54, 1.807) is 31.5 Å². The molecule has 2 bridgehead atoms. The Morgan fingerprint density at radius 2 is 1.76 bits per heavy atom. The molecule has 4 saturated heterocycles. The minimum atomic E-state index is -1.29. The standard InChI is InChI=1S/C45H68N4O13/c1-12-34-45(9)37(47-43(54)62-45)27(5)32(17-18-56-42(53)46-21-30-13-15-31(16-14-30)39(51)48-55)25(3)20-44(8)38(61-41-35(50)33(49(10)11)19-26(4)59-41)28(6)36(29(7)40(52)60-34)57-22-24(2)23-58-44/h13-17,25-29,33-38,41,50,55H,2,12,18-23H2,1,3-11H3,(H,46,53)(H,47,54)(H,48,51)/b32-17+/t25-,26-,27+,28+,29-,33+,34-,35-,36?,37?,38-,41?,44-,45-/m1/s1. The van der Waals surface area contributed by atoms with E-state index in [2.05, 4.69) is 17.2 Å². The van der Waals surface area contributed by atoms with Gasteiger partial charge in [-0.2, -0.15) is 0 Å². The van der Waals surface area contributed by atoms with Crippen molar-refractivity contribution in [2.45, 2.75) is 141 Å². The molecule has 4 aliphatic rings. The zero-order valence-electron chi connectivity index (χ0n) is 37.8. The number of hydroxylamine groups is 1. The highest BCUT2D eigenvalue weighted by Crippen LogP contribution is 2.44. The quantitative estimate of drug-likeness (QED) is 0.0753. The SMILES string of the molecule is C=C1COC2[C@@H](C)C(=O)O[C@H](CC)[C@@]3(C)OC(=O)NC3[C@@H](C)/C(=C/COC(=O)NCc3ccc(C(=O)NO)cc3)[C@H](C)C[C@@](C)(OC1)[C@H](OC1O[C@H](C)C[C@H](N(C)C)[C@H]1O)[C@H]2C. The molecule has 0 spiro atoms. The van der Waals surface area contributed by atoms with Crippen molar-refractivity contribution in [3.8, 4) is 0 Å². The van der Waals surface area contributed by atoms with E-state index in [1.165, 1.54) is 12.1 Å². The summed E-state index contributed by atoms with van der Waals surface area (Å²) in [5.41, 5.74) is 1.57. The van der Waals surface area contributed by atoms with Gasteiger partial charge in [0.1, 0.15) is 18.8 Å². The Morgan fingerprint density at radius 3 is 2.40 bits per heavy atom. The van der Waals surface area contributed by atoms with Crippen molar-refractivity contribution in [2.24, 2.45) is 23.7 Å².